The third kappa shape index (κ3) is 8.43. The maximum absolute atomic E-state index is 13.3. The van der Waals surface area contributed by atoms with Crippen LogP contribution in [0.4, 0.5) is 23.1 Å². The summed E-state index contributed by atoms with van der Waals surface area (Å²) >= 11 is 0. The van der Waals surface area contributed by atoms with Crippen LogP contribution in [0.2, 0.25) is 0 Å². The number of nitrogens with zero attached hydrogens (tertiary/aromatic N) is 6. The molecule has 20 heteroatoms. The number of nitrogen functional groups attached to an aromatic ring is 2. The third-order valence-electron chi connectivity index (χ3n) is 9.18. The van der Waals surface area contributed by atoms with Crippen LogP contribution >= 0.6 is 0 Å². The van der Waals surface area contributed by atoms with Gasteiger partial charge in [0.05, 0.1) is 29.6 Å². The number of hydrogen-bond acceptors (Lipinski definition) is 15. The predicted octanol–water partition coefficient (Wildman–Crippen LogP) is 0.203. The first-order valence-electron chi connectivity index (χ1n) is 17.6. The van der Waals surface area contributed by atoms with Gasteiger partial charge in [-0.2, -0.15) is 9.97 Å². The highest BCUT2D eigenvalue weighted by Crippen LogP contribution is 2.32. The minimum Gasteiger partial charge on any atom is -0.481 e. The summed E-state index contributed by atoms with van der Waals surface area (Å²) in [6.07, 6.45) is 1.41. The van der Waals surface area contributed by atoms with Crippen LogP contribution in [0.5, 0.6) is 0 Å². The molecule has 0 saturated carbocycles. The Hall–Kier alpha value is -7.25. The molecule has 290 valence electrons. The van der Waals surface area contributed by atoms with Crippen molar-refractivity contribution in [2.45, 2.75) is 50.7 Å². The molecule has 1 unspecified atom stereocenters. The summed E-state index contributed by atoms with van der Waals surface area (Å²) in [4.78, 5) is 108. The average molecular weight is 767 g/mol. The van der Waals surface area contributed by atoms with Crippen LogP contribution in [-0.2, 0) is 25.7 Å². The number of benzene rings is 2. The van der Waals surface area contributed by atoms with E-state index in [0.717, 1.165) is 10.6 Å². The van der Waals surface area contributed by atoms with Gasteiger partial charge in [0.1, 0.15) is 12.1 Å². The summed E-state index contributed by atoms with van der Waals surface area (Å²) in [5, 5.41) is 19.9. The lowest BCUT2D eigenvalue weighted by atomic mass is 10.0. The number of imide groups is 2. The zero-order valence-corrected chi connectivity index (χ0v) is 30.1. The van der Waals surface area contributed by atoms with Crippen molar-refractivity contribution >= 4 is 75.7 Å². The number of anilines is 4. The standard InChI is InChI=1S/C36H38N12O8/c1-47(17-19-16-41-30-28(42-19)29(37)45-36(38)46-30)20-8-6-18(7-9-20)31(52)43-23(10-13-26(50)51)32(53)40-15-3-14-39-22-5-2-4-21-27(22)35(56)48(34(21)55)24-11-12-25(49)44-33(24)54/h2,4-9,16,23-24,39H,3,10-15,17H2,1H3,(H,40,53)(H,43,52)(H,50,51)(H,44,49,54)(H4,37,38,41,45,46)/t23-,24?/m0/s1. The van der Waals surface area contributed by atoms with E-state index >= 15 is 0 Å². The van der Waals surface area contributed by atoms with Crippen molar-refractivity contribution in [2.75, 3.05) is 41.8 Å². The zero-order valence-electron chi connectivity index (χ0n) is 30.1. The lowest BCUT2D eigenvalue weighted by molar-refractivity contribution is -0.138. The number of carbonyl (C=O) groups excluding carboxylic acids is 6. The molecular formula is C36H38N12O8. The molecule has 20 nitrogen and oxygen atoms in total. The van der Waals surface area contributed by atoms with Crippen LogP contribution in [0.25, 0.3) is 11.2 Å². The van der Waals surface area contributed by atoms with Gasteiger partial charge >= 0.3 is 5.97 Å². The molecule has 4 heterocycles. The maximum Gasteiger partial charge on any atom is 0.303 e. The van der Waals surface area contributed by atoms with E-state index in [1.165, 1.54) is 6.07 Å². The number of aliphatic carboxylic acids is 1. The number of rotatable bonds is 15. The largest absolute Gasteiger partial charge is 0.481 e. The number of carboxylic acid groups (broad SMARTS) is 1. The lowest BCUT2D eigenvalue weighted by Gasteiger charge is -2.27. The van der Waals surface area contributed by atoms with E-state index in [9.17, 15) is 38.7 Å². The van der Waals surface area contributed by atoms with Crippen LogP contribution in [0.3, 0.4) is 0 Å². The Kier molecular flexibility index (Phi) is 11.3. The van der Waals surface area contributed by atoms with Crippen molar-refractivity contribution in [3.63, 3.8) is 0 Å². The first-order valence-corrected chi connectivity index (χ1v) is 17.6. The van der Waals surface area contributed by atoms with E-state index in [-0.39, 0.29) is 72.9 Å². The second-order valence-electron chi connectivity index (χ2n) is 13.1. The smallest absolute Gasteiger partial charge is 0.303 e. The average Bonchev–Trinajstić information content (AvgIpc) is 3.42. The number of aromatic nitrogens is 4. The number of amides is 6. The molecular weight excluding hydrogens is 728 g/mol. The molecule has 4 aromatic rings. The van der Waals surface area contributed by atoms with E-state index in [2.05, 4.69) is 41.2 Å². The quantitative estimate of drug-likeness (QED) is 0.0628. The molecule has 1 fully saturated rings. The Morgan fingerprint density at radius 3 is 2.52 bits per heavy atom. The van der Waals surface area contributed by atoms with Crippen LogP contribution in [-0.4, -0.2) is 104 Å². The Balaban J connectivity index is 1.01. The molecule has 2 aromatic heterocycles. The predicted molar refractivity (Wildman–Crippen MR) is 200 cm³/mol. The number of carboxylic acids is 1. The summed E-state index contributed by atoms with van der Waals surface area (Å²) in [5.41, 5.74) is 14.3. The monoisotopic (exact) mass is 766 g/mol. The molecule has 56 heavy (non-hydrogen) atoms. The second-order valence-corrected chi connectivity index (χ2v) is 13.1. The van der Waals surface area contributed by atoms with Gasteiger partial charge in [-0.15, -0.1) is 0 Å². The number of carbonyl (C=O) groups is 7. The van der Waals surface area contributed by atoms with Crippen LogP contribution in [0, 0.1) is 0 Å². The summed E-state index contributed by atoms with van der Waals surface area (Å²) in [7, 11) is 1.82. The van der Waals surface area contributed by atoms with Gasteiger partial charge in [0.15, 0.2) is 17.0 Å². The van der Waals surface area contributed by atoms with E-state index in [1.54, 1.807) is 42.6 Å². The van der Waals surface area contributed by atoms with Crippen molar-refractivity contribution in [1.82, 2.24) is 40.8 Å². The molecule has 0 radical (unpaired) electrons. The van der Waals surface area contributed by atoms with Gasteiger partial charge in [-0.1, -0.05) is 6.07 Å². The van der Waals surface area contributed by atoms with Gasteiger partial charge in [-0.3, -0.25) is 43.8 Å². The normalized spacial score (nSPS) is 15.6. The zero-order chi connectivity index (χ0) is 40.1. The highest BCUT2D eigenvalue weighted by atomic mass is 16.4. The van der Waals surface area contributed by atoms with Gasteiger partial charge in [-0.25, -0.2) is 9.97 Å². The van der Waals surface area contributed by atoms with Crippen molar-refractivity contribution in [3.8, 4) is 0 Å². The molecule has 0 bridgehead atoms. The van der Waals surface area contributed by atoms with Gasteiger partial charge < -0.3 is 37.4 Å². The molecule has 0 aliphatic carbocycles. The van der Waals surface area contributed by atoms with E-state index in [1.807, 2.05) is 11.9 Å². The first-order chi connectivity index (χ1) is 26.8. The highest BCUT2D eigenvalue weighted by molar-refractivity contribution is 6.25. The van der Waals surface area contributed by atoms with Gasteiger partial charge in [0.2, 0.25) is 23.7 Å². The number of piperidine rings is 1. The van der Waals surface area contributed by atoms with Crippen molar-refractivity contribution in [2.24, 2.45) is 0 Å². The Bertz CT molecular complexity index is 2250. The van der Waals surface area contributed by atoms with E-state index in [4.69, 9.17) is 11.5 Å². The Morgan fingerprint density at radius 1 is 1.02 bits per heavy atom. The Morgan fingerprint density at radius 2 is 1.79 bits per heavy atom. The van der Waals surface area contributed by atoms with Crippen LogP contribution < -0.4 is 37.6 Å². The SMILES string of the molecule is CN(Cc1cnc2nc(N)nc(N)c2n1)c1ccc(C(=O)N[C@@H](CCC(=O)O)C(=O)NCCCNc2cccc3c2C(=O)N(C2CCC(=O)NC2=O)C3=O)cc1. The van der Waals surface area contributed by atoms with Crippen molar-refractivity contribution in [1.29, 1.82) is 0 Å². The number of hydrogen-bond donors (Lipinski definition) is 7. The fraction of sp³-hybridized carbons (Fsp3) is 0.306. The van der Waals surface area contributed by atoms with Gasteiger partial charge in [-0.05, 0) is 55.7 Å². The molecule has 6 amide bonds. The van der Waals surface area contributed by atoms with Crippen LogP contribution in [0.15, 0.2) is 48.7 Å². The highest BCUT2D eigenvalue weighted by Gasteiger charge is 2.45. The fourth-order valence-corrected chi connectivity index (χ4v) is 6.35. The van der Waals surface area contributed by atoms with E-state index < -0.39 is 53.5 Å². The minimum atomic E-state index is -1.15. The maximum atomic E-state index is 13.3. The number of fused-ring (bicyclic) bond motifs is 2. The molecule has 1 saturated heterocycles. The molecule has 2 aromatic carbocycles. The number of nitrogens with two attached hydrogens (primary N) is 2. The summed E-state index contributed by atoms with van der Waals surface area (Å²) in [6, 6.07) is 9.01. The summed E-state index contributed by atoms with van der Waals surface area (Å²) < 4.78 is 0. The second kappa shape index (κ2) is 16.4. The van der Waals surface area contributed by atoms with Gasteiger partial charge in [0.25, 0.3) is 17.7 Å². The molecule has 6 rings (SSSR count). The molecule has 2 aliphatic heterocycles. The summed E-state index contributed by atoms with van der Waals surface area (Å²) in [5.74, 6) is -4.65. The third-order valence-corrected chi connectivity index (χ3v) is 9.18. The minimum absolute atomic E-state index is 0.00256. The van der Waals surface area contributed by atoms with Crippen molar-refractivity contribution in [3.05, 3.63) is 71.0 Å². The first kappa shape index (κ1) is 38.5. The van der Waals surface area contributed by atoms with Gasteiger partial charge in [0, 0.05) is 49.9 Å². The molecule has 0 spiro atoms. The Labute approximate surface area is 318 Å². The molecule has 9 N–H and O–H groups in total. The topological polar surface area (TPSA) is 298 Å². The number of nitrogens with one attached hydrogen (secondary N) is 4. The summed E-state index contributed by atoms with van der Waals surface area (Å²) in [6.45, 7) is 0.722. The fourth-order valence-electron chi connectivity index (χ4n) is 6.35. The lowest BCUT2D eigenvalue weighted by Crippen LogP contribution is -2.54. The molecule has 2 atom stereocenters. The van der Waals surface area contributed by atoms with Crippen LogP contribution in [0.1, 0.15) is 68.9 Å². The van der Waals surface area contributed by atoms with E-state index in [0.29, 0.717) is 29.9 Å². The molecule has 2 aliphatic rings. The van der Waals surface area contributed by atoms with Crippen molar-refractivity contribution < 1.29 is 38.7 Å².